The highest BCUT2D eigenvalue weighted by Gasteiger charge is 2.18. The van der Waals surface area contributed by atoms with E-state index in [4.69, 9.17) is 16.3 Å². The molecular weight excluding hydrogens is 448 g/mol. The van der Waals surface area contributed by atoms with Crippen LogP contribution in [0.5, 0.6) is 5.75 Å². The number of carbonyl (C=O) groups is 1. The Morgan fingerprint density at radius 3 is 2.34 bits per heavy atom. The number of amides is 1. The molecule has 0 aromatic heterocycles. The highest BCUT2D eigenvalue weighted by Crippen LogP contribution is 2.23. The number of sulfonamides is 1. The molecule has 3 aromatic rings. The molecule has 1 N–H and O–H groups in total. The molecule has 3 aromatic carbocycles. The van der Waals surface area contributed by atoms with Crippen LogP contribution in [-0.4, -0.2) is 33.7 Å². The summed E-state index contributed by atoms with van der Waals surface area (Å²) in [4.78, 5) is 12.4. The van der Waals surface area contributed by atoms with Crippen molar-refractivity contribution < 1.29 is 17.9 Å². The monoisotopic (exact) mass is 472 g/mol. The van der Waals surface area contributed by atoms with E-state index in [9.17, 15) is 13.2 Å². The molecule has 3 rings (SSSR count). The Morgan fingerprint density at radius 2 is 1.72 bits per heavy atom. The molecule has 0 aliphatic carbocycles. The van der Waals surface area contributed by atoms with Crippen LogP contribution in [0.2, 0.25) is 5.02 Å². The lowest BCUT2D eigenvalue weighted by molar-refractivity contribution is 0.0947. The molecule has 0 saturated heterocycles. The van der Waals surface area contributed by atoms with Crippen molar-refractivity contribution >= 4 is 33.2 Å². The third-order valence-electron chi connectivity index (χ3n) is 4.70. The summed E-state index contributed by atoms with van der Waals surface area (Å²) >= 11 is 5.91. The van der Waals surface area contributed by atoms with Gasteiger partial charge in [-0.2, -0.15) is 0 Å². The van der Waals surface area contributed by atoms with Gasteiger partial charge in [-0.05, 0) is 66.6 Å². The van der Waals surface area contributed by atoms with Crippen molar-refractivity contribution in [3.05, 3.63) is 94.5 Å². The summed E-state index contributed by atoms with van der Waals surface area (Å²) in [5, 5.41) is 3.35. The predicted molar refractivity (Wildman–Crippen MR) is 128 cm³/mol. The van der Waals surface area contributed by atoms with Gasteiger partial charge in [-0.25, -0.2) is 8.42 Å². The van der Waals surface area contributed by atoms with Crippen molar-refractivity contribution in [2.24, 2.45) is 0 Å². The Bertz CT molecular complexity index is 1160. The summed E-state index contributed by atoms with van der Waals surface area (Å²) < 4.78 is 31.5. The number of hydrogen-bond acceptors (Lipinski definition) is 4. The maximum absolute atomic E-state index is 12.4. The van der Waals surface area contributed by atoms with Gasteiger partial charge in [0.25, 0.3) is 5.91 Å². The summed E-state index contributed by atoms with van der Waals surface area (Å²) in [6.07, 6.45) is 1.16. The zero-order valence-corrected chi connectivity index (χ0v) is 19.5. The summed E-state index contributed by atoms with van der Waals surface area (Å²) in [6, 6.07) is 21.2. The van der Waals surface area contributed by atoms with Crippen LogP contribution in [0.3, 0.4) is 0 Å². The lowest BCUT2D eigenvalue weighted by Gasteiger charge is -2.22. The van der Waals surface area contributed by atoms with Crippen LogP contribution in [0.15, 0.2) is 72.8 Å². The van der Waals surface area contributed by atoms with E-state index in [2.05, 4.69) is 5.32 Å². The second kappa shape index (κ2) is 10.5. The molecule has 0 unspecified atom stereocenters. The first-order valence-corrected chi connectivity index (χ1v) is 12.2. The van der Waals surface area contributed by atoms with Gasteiger partial charge < -0.3 is 10.1 Å². The van der Waals surface area contributed by atoms with Gasteiger partial charge in [0.15, 0.2) is 0 Å². The normalized spacial score (nSPS) is 11.1. The number of carbonyl (C=O) groups excluding carboxylic acids is 1. The lowest BCUT2D eigenvalue weighted by Crippen LogP contribution is -2.29. The number of anilines is 1. The van der Waals surface area contributed by atoms with E-state index in [1.807, 2.05) is 31.2 Å². The average molecular weight is 473 g/mol. The fourth-order valence-corrected chi connectivity index (χ4v) is 4.09. The van der Waals surface area contributed by atoms with Gasteiger partial charge in [-0.3, -0.25) is 9.10 Å². The van der Waals surface area contributed by atoms with Gasteiger partial charge in [0.05, 0.1) is 25.0 Å². The number of nitrogens with one attached hydrogen (secondary N) is 1. The van der Waals surface area contributed by atoms with E-state index in [1.165, 1.54) is 4.31 Å². The molecular formula is C24H25ClN2O4S. The van der Waals surface area contributed by atoms with Gasteiger partial charge in [-0.1, -0.05) is 35.9 Å². The van der Waals surface area contributed by atoms with Crippen molar-refractivity contribution in [2.45, 2.75) is 13.5 Å². The summed E-state index contributed by atoms with van der Waals surface area (Å²) in [5.41, 5.74) is 2.87. The van der Waals surface area contributed by atoms with Crippen molar-refractivity contribution in [3.8, 4) is 5.75 Å². The van der Waals surface area contributed by atoms with Crippen LogP contribution in [0.4, 0.5) is 5.69 Å². The SMILES string of the molecule is Cc1cccc(OCCNC(=O)c2ccc(CN(c3ccc(Cl)cc3)S(C)(=O)=O)cc2)c1. The number of ether oxygens (including phenoxy) is 1. The van der Waals surface area contributed by atoms with Crippen LogP contribution in [-0.2, 0) is 16.6 Å². The largest absolute Gasteiger partial charge is 0.492 e. The Kier molecular flexibility index (Phi) is 7.77. The molecule has 0 bridgehead atoms. The van der Waals surface area contributed by atoms with Crippen molar-refractivity contribution in [1.29, 1.82) is 0 Å². The molecule has 168 valence electrons. The quantitative estimate of drug-likeness (QED) is 0.467. The zero-order chi connectivity index (χ0) is 23.1. The second-order valence-corrected chi connectivity index (χ2v) is 9.71. The molecule has 8 heteroatoms. The molecule has 0 atom stereocenters. The third-order valence-corrected chi connectivity index (χ3v) is 6.10. The molecule has 0 aliphatic rings. The highest BCUT2D eigenvalue weighted by molar-refractivity contribution is 7.92. The van der Waals surface area contributed by atoms with Gasteiger partial charge in [-0.15, -0.1) is 0 Å². The van der Waals surface area contributed by atoms with Crippen molar-refractivity contribution in [1.82, 2.24) is 5.32 Å². The molecule has 1 amide bonds. The highest BCUT2D eigenvalue weighted by atomic mass is 35.5. The maximum atomic E-state index is 12.4. The number of halogens is 1. The van der Waals surface area contributed by atoms with Crippen molar-refractivity contribution in [3.63, 3.8) is 0 Å². The maximum Gasteiger partial charge on any atom is 0.251 e. The number of nitrogens with zero attached hydrogens (tertiary/aromatic N) is 1. The fourth-order valence-electron chi connectivity index (χ4n) is 3.08. The predicted octanol–water partition coefficient (Wildman–Crippen LogP) is 4.42. The third kappa shape index (κ3) is 6.73. The van der Waals surface area contributed by atoms with E-state index in [0.29, 0.717) is 29.4 Å². The number of hydrogen-bond donors (Lipinski definition) is 1. The van der Waals surface area contributed by atoms with E-state index in [-0.39, 0.29) is 12.5 Å². The molecule has 32 heavy (non-hydrogen) atoms. The first-order chi connectivity index (χ1) is 15.2. The Hall–Kier alpha value is -3.03. The molecule has 0 aliphatic heterocycles. The summed E-state index contributed by atoms with van der Waals surface area (Å²) in [6.45, 7) is 2.86. The van der Waals surface area contributed by atoms with Gasteiger partial charge in [0.2, 0.25) is 10.0 Å². The van der Waals surface area contributed by atoms with Gasteiger partial charge in [0.1, 0.15) is 12.4 Å². The van der Waals surface area contributed by atoms with E-state index < -0.39 is 10.0 Å². The number of rotatable bonds is 9. The molecule has 0 saturated carbocycles. The average Bonchev–Trinajstić information content (AvgIpc) is 2.75. The van der Waals surface area contributed by atoms with Gasteiger partial charge >= 0.3 is 0 Å². The molecule has 0 fully saturated rings. The molecule has 0 heterocycles. The van der Waals surface area contributed by atoms with E-state index in [0.717, 1.165) is 23.1 Å². The van der Waals surface area contributed by atoms with Crippen LogP contribution in [0.1, 0.15) is 21.5 Å². The van der Waals surface area contributed by atoms with E-state index in [1.54, 1.807) is 48.5 Å². The summed E-state index contributed by atoms with van der Waals surface area (Å²) in [5.74, 6) is 0.543. The second-order valence-electron chi connectivity index (χ2n) is 7.36. The zero-order valence-electron chi connectivity index (χ0n) is 17.9. The molecule has 6 nitrogen and oxygen atoms in total. The van der Waals surface area contributed by atoms with Gasteiger partial charge in [0, 0.05) is 10.6 Å². The van der Waals surface area contributed by atoms with Crippen molar-refractivity contribution in [2.75, 3.05) is 23.7 Å². The first kappa shape index (κ1) is 23.6. The van der Waals surface area contributed by atoms with Crippen LogP contribution in [0, 0.1) is 6.92 Å². The molecule has 0 spiro atoms. The minimum Gasteiger partial charge on any atom is -0.492 e. The minimum atomic E-state index is -3.50. The summed E-state index contributed by atoms with van der Waals surface area (Å²) in [7, 11) is -3.50. The lowest BCUT2D eigenvalue weighted by atomic mass is 10.1. The van der Waals surface area contributed by atoms with Crippen LogP contribution in [0.25, 0.3) is 0 Å². The van der Waals surface area contributed by atoms with Crippen LogP contribution >= 0.6 is 11.6 Å². The molecule has 0 radical (unpaired) electrons. The smallest absolute Gasteiger partial charge is 0.251 e. The topological polar surface area (TPSA) is 75.7 Å². The van der Waals surface area contributed by atoms with Crippen LogP contribution < -0.4 is 14.4 Å². The Morgan fingerprint density at radius 1 is 1.03 bits per heavy atom. The Labute approximate surface area is 193 Å². The Balaban J connectivity index is 1.57. The van der Waals surface area contributed by atoms with E-state index >= 15 is 0 Å². The standard InChI is InChI=1S/C24H25ClN2O4S/c1-18-4-3-5-23(16-18)31-15-14-26-24(28)20-8-6-19(7-9-20)17-27(32(2,29)30)22-12-10-21(25)11-13-22/h3-13,16H,14-15,17H2,1-2H3,(H,26,28). The first-order valence-electron chi connectivity index (χ1n) is 10.0. The minimum absolute atomic E-state index is 0.146. The number of benzene rings is 3. The number of aryl methyl sites for hydroxylation is 1. The fraction of sp³-hybridized carbons (Fsp3) is 0.208.